The number of aromatic nitrogens is 2. The molecule has 1 fully saturated rings. The van der Waals surface area contributed by atoms with Gasteiger partial charge in [-0.2, -0.15) is 0 Å². The predicted octanol–water partition coefficient (Wildman–Crippen LogP) is 1.89. The minimum atomic E-state index is -0.0406. The molecule has 0 saturated carbocycles. The van der Waals surface area contributed by atoms with Crippen LogP contribution in [0.1, 0.15) is 12.0 Å². The van der Waals surface area contributed by atoms with E-state index < -0.39 is 0 Å². The van der Waals surface area contributed by atoms with Crippen LogP contribution in [0.4, 0.5) is 5.69 Å². The molecule has 1 atom stereocenters. The Balaban J connectivity index is 1.59. The van der Waals surface area contributed by atoms with Crippen molar-refractivity contribution in [3.05, 3.63) is 42.2 Å². The molecule has 7 nitrogen and oxygen atoms in total. The summed E-state index contributed by atoms with van der Waals surface area (Å²) in [7, 11) is 0. The van der Waals surface area contributed by atoms with Gasteiger partial charge in [-0.15, -0.1) is 0 Å². The van der Waals surface area contributed by atoms with E-state index in [4.69, 9.17) is 9.47 Å². The maximum absolute atomic E-state index is 12.2. The first-order valence-electron chi connectivity index (χ1n) is 7.87. The fourth-order valence-electron chi connectivity index (χ4n) is 2.46. The summed E-state index contributed by atoms with van der Waals surface area (Å²) in [6.07, 6.45) is 3.62. The van der Waals surface area contributed by atoms with E-state index >= 15 is 0 Å². The number of rotatable bonds is 5. The van der Waals surface area contributed by atoms with Crippen LogP contribution in [0.25, 0.3) is 0 Å². The van der Waals surface area contributed by atoms with Crippen LogP contribution >= 0.6 is 0 Å². The largest absolute Gasteiger partial charge is 0.424 e. The number of hydrogen-bond acceptors (Lipinski definition) is 6. The molecule has 1 aromatic carbocycles. The van der Waals surface area contributed by atoms with Gasteiger partial charge in [0.25, 0.3) is 0 Å². The molecule has 1 amide bonds. The summed E-state index contributed by atoms with van der Waals surface area (Å²) >= 11 is 0. The Morgan fingerprint density at radius 3 is 2.96 bits per heavy atom. The zero-order valence-corrected chi connectivity index (χ0v) is 13.5. The topological polar surface area (TPSA) is 85.4 Å². The minimum absolute atomic E-state index is 0.0406. The van der Waals surface area contributed by atoms with Crippen molar-refractivity contribution in [2.45, 2.75) is 19.4 Å². The van der Waals surface area contributed by atoms with Gasteiger partial charge >= 0.3 is 6.01 Å². The van der Waals surface area contributed by atoms with Gasteiger partial charge in [-0.05, 0) is 36.8 Å². The van der Waals surface area contributed by atoms with E-state index in [9.17, 15) is 4.79 Å². The van der Waals surface area contributed by atoms with Crippen LogP contribution in [0.5, 0.6) is 11.8 Å². The third-order valence-electron chi connectivity index (χ3n) is 3.65. The van der Waals surface area contributed by atoms with Crippen molar-refractivity contribution < 1.29 is 14.3 Å². The molecular formula is C17H20N4O3. The molecule has 2 aromatic rings. The van der Waals surface area contributed by atoms with E-state index in [1.54, 1.807) is 24.5 Å². The van der Waals surface area contributed by atoms with Crippen LogP contribution in [-0.2, 0) is 9.53 Å². The number of benzene rings is 1. The van der Waals surface area contributed by atoms with E-state index in [1.165, 1.54) is 0 Å². The van der Waals surface area contributed by atoms with Gasteiger partial charge in [-0.3, -0.25) is 4.79 Å². The number of nitrogens with zero attached hydrogens (tertiary/aromatic N) is 2. The number of hydrogen-bond donors (Lipinski definition) is 2. The maximum atomic E-state index is 12.2. The molecule has 1 aliphatic heterocycles. The van der Waals surface area contributed by atoms with E-state index in [1.807, 2.05) is 19.1 Å². The van der Waals surface area contributed by atoms with Crippen LogP contribution in [0, 0.1) is 6.92 Å². The fourth-order valence-corrected chi connectivity index (χ4v) is 2.46. The van der Waals surface area contributed by atoms with Crippen molar-refractivity contribution in [1.82, 2.24) is 15.3 Å². The van der Waals surface area contributed by atoms with E-state index in [-0.39, 0.29) is 18.0 Å². The molecule has 0 aliphatic carbocycles. The smallest absolute Gasteiger partial charge is 0.321 e. The van der Waals surface area contributed by atoms with Crippen molar-refractivity contribution in [3.63, 3.8) is 0 Å². The summed E-state index contributed by atoms with van der Waals surface area (Å²) < 4.78 is 10.9. The second-order valence-corrected chi connectivity index (χ2v) is 5.59. The summed E-state index contributed by atoms with van der Waals surface area (Å²) in [6, 6.07) is 7.52. The molecule has 1 unspecified atom stereocenters. The maximum Gasteiger partial charge on any atom is 0.321 e. The van der Waals surface area contributed by atoms with Gasteiger partial charge in [0.2, 0.25) is 5.91 Å². The van der Waals surface area contributed by atoms with Gasteiger partial charge in [0, 0.05) is 37.1 Å². The molecule has 126 valence electrons. The molecule has 1 aliphatic rings. The molecule has 3 rings (SSSR count). The van der Waals surface area contributed by atoms with Gasteiger partial charge in [-0.1, -0.05) is 0 Å². The van der Waals surface area contributed by atoms with Crippen molar-refractivity contribution >= 4 is 11.6 Å². The Morgan fingerprint density at radius 1 is 1.42 bits per heavy atom. The SMILES string of the molecule is Cc1cc(Oc2ncccn2)ccc1NC(=O)CC1COCCN1. The summed E-state index contributed by atoms with van der Waals surface area (Å²) in [5.41, 5.74) is 1.67. The molecule has 0 spiro atoms. The fraction of sp³-hybridized carbons (Fsp3) is 0.353. The summed E-state index contributed by atoms with van der Waals surface area (Å²) in [5.74, 6) is 0.584. The van der Waals surface area contributed by atoms with Gasteiger partial charge in [0.05, 0.1) is 13.2 Å². The van der Waals surface area contributed by atoms with Gasteiger partial charge in [-0.25, -0.2) is 9.97 Å². The number of morpholine rings is 1. The summed E-state index contributed by atoms with van der Waals surface area (Å²) in [5, 5.41) is 6.19. The highest BCUT2D eigenvalue weighted by atomic mass is 16.5. The molecule has 0 radical (unpaired) electrons. The number of nitrogens with one attached hydrogen (secondary N) is 2. The van der Waals surface area contributed by atoms with Crippen molar-refractivity contribution in [2.75, 3.05) is 25.1 Å². The quantitative estimate of drug-likeness (QED) is 0.872. The lowest BCUT2D eigenvalue weighted by molar-refractivity contribution is -0.117. The number of amides is 1. The molecular weight excluding hydrogens is 308 g/mol. The number of ether oxygens (including phenoxy) is 2. The normalized spacial score (nSPS) is 17.3. The standard InChI is InChI=1S/C17H20N4O3/c1-12-9-14(24-17-19-5-2-6-20-17)3-4-15(12)21-16(22)10-13-11-23-8-7-18-13/h2-6,9,13,18H,7-8,10-11H2,1H3,(H,21,22). The Morgan fingerprint density at radius 2 is 2.25 bits per heavy atom. The van der Waals surface area contributed by atoms with Crippen LogP contribution < -0.4 is 15.4 Å². The first-order valence-corrected chi connectivity index (χ1v) is 7.87. The second kappa shape index (κ2) is 7.85. The molecule has 2 heterocycles. The Kier molecular flexibility index (Phi) is 5.35. The van der Waals surface area contributed by atoms with Crippen LogP contribution in [0.2, 0.25) is 0 Å². The van der Waals surface area contributed by atoms with Crippen LogP contribution in [0.15, 0.2) is 36.7 Å². The Hall–Kier alpha value is -2.51. The summed E-state index contributed by atoms with van der Waals surface area (Å²) in [4.78, 5) is 20.2. The van der Waals surface area contributed by atoms with Crippen molar-refractivity contribution in [1.29, 1.82) is 0 Å². The van der Waals surface area contributed by atoms with Gasteiger partial charge in [0.1, 0.15) is 5.75 Å². The number of anilines is 1. The van der Waals surface area contributed by atoms with Gasteiger partial charge < -0.3 is 20.1 Å². The highest BCUT2D eigenvalue weighted by Gasteiger charge is 2.17. The van der Waals surface area contributed by atoms with E-state index in [0.717, 1.165) is 17.8 Å². The first-order chi connectivity index (χ1) is 11.7. The van der Waals surface area contributed by atoms with Crippen LogP contribution in [0.3, 0.4) is 0 Å². The lowest BCUT2D eigenvalue weighted by Crippen LogP contribution is -2.43. The lowest BCUT2D eigenvalue weighted by Gasteiger charge is -2.23. The first kappa shape index (κ1) is 16.4. The third-order valence-corrected chi connectivity index (χ3v) is 3.65. The van der Waals surface area contributed by atoms with Crippen LogP contribution in [-0.4, -0.2) is 41.7 Å². The number of aryl methyl sites for hydroxylation is 1. The van der Waals surface area contributed by atoms with E-state index in [0.29, 0.717) is 25.4 Å². The highest BCUT2D eigenvalue weighted by molar-refractivity contribution is 5.92. The monoisotopic (exact) mass is 328 g/mol. The lowest BCUT2D eigenvalue weighted by atomic mass is 10.1. The van der Waals surface area contributed by atoms with Crippen molar-refractivity contribution in [2.24, 2.45) is 0 Å². The molecule has 2 N–H and O–H groups in total. The van der Waals surface area contributed by atoms with Crippen molar-refractivity contribution in [3.8, 4) is 11.8 Å². The molecule has 0 bridgehead atoms. The Labute approximate surface area is 140 Å². The second-order valence-electron chi connectivity index (χ2n) is 5.59. The zero-order chi connectivity index (χ0) is 16.8. The number of carbonyl (C=O) groups excluding carboxylic acids is 1. The predicted molar refractivity (Wildman–Crippen MR) is 89.1 cm³/mol. The molecule has 1 saturated heterocycles. The highest BCUT2D eigenvalue weighted by Crippen LogP contribution is 2.24. The number of carbonyl (C=O) groups is 1. The minimum Gasteiger partial charge on any atom is -0.424 e. The van der Waals surface area contributed by atoms with E-state index in [2.05, 4.69) is 20.6 Å². The Bertz CT molecular complexity index is 687. The molecule has 1 aromatic heterocycles. The third kappa shape index (κ3) is 4.50. The van der Waals surface area contributed by atoms with Gasteiger partial charge in [0.15, 0.2) is 0 Å². The molecule has 24 heavy (non-hydrogen) atoms. The summed E-state index contributed by atoms with van der Waals surface area (Å²) in [6.45, 7) is 3.96. The average Bonchev–Trinajstić information content (AvgIpc) is 2.59. The average molecular weight is 328 g/mol. The zero-order valence-electron chi connectivity index (χ0n) is 13.5. The molecule has 7 heteroatoms.